The van der Waals surface area contributed by atoms with Crippen molar-refractivity contribution in [2.45, 2.75) is 65.1 Å². The molecular weight excluding hydrogens is 366 g/mol. The van der Waals surface area contributed by atoms with Gasteiger partial charge in [0.05, 0.1) is 18.8 Å². The lowest BCUT2D eigenvalue weighted by molar-refractivity contribution is 0.0490. The van der Waals surface area contributed by atoms with Gasteiger partial charge in [-0.1, -0.05) is 0 Å². The van der Waals surface area contributed by atoms with Crippen LogP contribution in [0.1, 0.15) is 73.4 Å². The summed E-state index contributed by atoms with van der Waals surface area (Å²) in [6.45, 7) is 7.99. The number of rotatable bonds is 5. The molecule has 0 aromatic carbocycles. The Hall–Kier alpha value is -1.60. The number of hydrogen-bond acceptors (Lipinski definition) is 6. The van der Waals surface area contributed by atoms with Crippen molar-refractivity contribution in [1.29, 1.82) is 0 Å². The minimum atomic E-state index is -0.562. The van der Waals surface area contributed by atoms with E-state index < -0.39 is 11.7 Å². The van der Waals surface area contributed by atoms with Crippen LogP contribution in [0.15, 0.2) is 5.38 Å². The molecule has 0 aliphatic heterocycles. The smallest absolute Gasteiger partial charge is 0.407 e. The molecule has 1 fully saturated rings. The molecule has 152 valence electrons. The number of nitrogens with one attached hydrogen (secondary N) is 1. The number of hydrogen-bond donors (Lipinski definition) is 2. The number of methoxy groups -OCH3 is 1. The minimum absolute atomic E-state index is 0.172. The molecule has 1 aliphatic rings. The van der Waals surface area contributed by atoms with E-state index in [-0.39, 0.29) is 18.0 Å². The van der Waals surface area contributed by atoms with Crippen LogP contribution >= 0.6 is 11.3 Å². The molecule has 7 heteroatoms. The molecule has 2 rings (SSSR count). The van der Waals surface area contributed by atoms with Crippen LogP contribution in [0, 0.1) is 18.8 Å². The monoisotopic (exact) mass is 397 g/mol. The van der Waals surface area contributed by atoms with Gasteiger partial charge in [-0.25, -0.2) is 9.59 Å². The average Bonchev–Trinajstić information content (AvgIpc) is 2.99. The molecule has 1 aromatic heterocycles. The van der Waals surface area contributed by atoms with E-state index in [0.717, 1.165) is 36.1 Å². The maximum atomic E-state index is 11.8. The quantitative estimate of drug-likeness (QED) is 0.727. The lowest BCUT2D eigenvalue weighted by Crippen LogP contribution is -2.36. The normalized spacial score (nSPS) is 21.4. The molecule has 2 N–H and O–H groups in total. The van der Waals surface area contributed by atoms with E-state index in [2.05, 4.69) is 5.32 Å². The summed E-state index contributed by atoms with van der Waals surface area (Å²) in [5.41, 5.74) is 0.855. The van der Waals surface area contributed by atoms with Gasteiger partial charge >= 0.3 is 12.1 Å². The molecule has 1 heterocycles. The average molecular weight is 398 g/mol. The fourth-order valence-electron chi connectivity index (χ4n) is 3.50. The fourth-order valence-corrected chi connectivity index (χ4v) is 4.64. The van der Waals surface area contributed by atoms with Crippen LogP contribution in [-0.4, -0.2) is 36.4 Å². The fraction of sp³-hybridized carbons (Fsp3) is 0.700. The number of carbonyl (C=O) groups is 2. The Balaban J connectivity index is 1.84. The Morgan fingerprint density at radius 2 is 1.93 bits per heavy atom. The van der Waals surface area contributed by atoms with Crippen molar-refractivity contribution in [3.63, 3.8) is 0 Å². The molecule has 1 aromatic rings. The first-order valence-corrected chi connectivity index (χ1v) is 10.3. The maximum Gasteiger partial charge on any atom is 0.407 e. The van der Waals surface area contributed by atoms with Gasteiger partial charge < -0.3 is 19.9 Å². The predicted molar refractivity (Wildman–Crippen MR) is 105 cm³/mol. The van der Waals surface area contributed by atoms with Gasteiger partial charge in [-0.3, -0.25) is 0 Å². The highest BCUT2D eigenvalue weighted by atomic mass is 32.1. The minimum Gasteiger partial charge on any atom is -0.465 e. The molecule has 1 saturated carbocycles. The van der Waals surface area contributed by atoms with Crippen LogP contribution in [0.4, 0.5) is 4.79 Å². The van der Waals surface area contributed by atoms with Gasteiger partial charge in [-0.05, 0) is 70.8 Å². The molecule has 0 saturated heterocycles. The Bertz CT molecular complexity index is 656. The summed E-state index contributed by atoms with van der Waals surface area (Å²) in [5.74, 6) is 0.209. The number of aliphatic hydroxyl groups is 1. The lowest BCUT2D eigenvalue weighted by atomic mass is 9.78. The molecule has 27 heavy (non-hydrogen) atoms. The van der Waals surface area contributed by atoms with Crippen molar-refractivity contribution < 1.29 is 24.2 Å². The summed E-state index contributed by atoms with van der Waals surface area (Å²) >= 11 is 1.42. The first-order chi connectivity index (χ1) is 12.6. The summed E-state index contributed by atoms with van der Waals surface area (Å²) in [4.78, 5) is 24.4. The molecule has 0 spiro atoms. The van der Waals surface area contributed by atoms with Crippen molar-refractivity contribution in [2.24, 2.45) is 11.8 Å². The van der Waals surface area contributed by atoms with Crippen LogP contribution in [0.25, 0.3) is 0 Å². The number of aliphatic hydroxyl groups excluding tert-OH is 1. The summed E-state index contributed by atoms with van der Waals surface area (Å²) in [6, 6.07) is 0. The number of amides is 1. The summed E-state index contributed by atoms with van der Waals surface area (Å²) in [7, 11) is 1.36. The van der Waals surface area contributed by atoms with Crippen LogP contribution in [0.5, 0.6) is 0 Å². The second kappa shape index (κ2) is 9.06. The van der Waals surface area contributed by atoms with Crippen LogP contribution in [-0.2, 0) is 9.47 Å². The zero-order valence-corrected chi connectivity index (χ0v) is 17.6. The van der Waals surface area contributed by atoms with Crippen molar-refractivity contribution in [3.8, 4) is 0 Å². The van der Waals surface area contributed by atoms with E-state index in [0.29, 0.717) is 18.0 Å². The van der Waals surface area contributed by atoms with Gasteiger partial charge in [0.15, 0.2) is 0 Å². The Morgan fingerprint density at radius 3 is 2.48 bits per heavy atom. The van der Waals surface area contributed by atoms with Crippen LogP contribution < -0.4 is 5.32 Å². The van der Waals surface area contributed by atoms with E-state index in [1.807, 2.05) is 27.7 Å². The lowest BCUT2D eigenvalue weighted by Gasteiger charge is -2.31. The summed E-state index contributed by atoms with van der Waals surface area (Å²) in [6.07, 6.45) is 2.75. The van der Waals surface area contributed by atoms with Gasteiger partial charge in [0.1, 0.15) is 5.60 Å². The molecule has 0 unspecified atom stereocenters. The first-order valence-electron chi connectivity index (χ1n) is 9.43. The third-order valence-electron chi connectivity index (χ3n) is 5.02. The largest absolute Gasteiger partial charge is 0.465 e. The van der Waals surface area contributed by atoms with Crippen molar-refractivity contribution >= 4 is 23.4 Å². The third-order valence-corrected chi connectivity index (χ3v) is 6.18. The number of esters is 1. The predicted octanol–water partition coefficient (Wildman–Crippen LogP) is 4.21. The topological polar surface area (TPSA) is 84.9 Å². The zero-order chi connectivity index (χ0) is 20.2. The van der Waals surface area contributed by atoms with Gasteiger partial charge in [0.2, 0.25) is 0 Å². The van der Waals surface area contributed by atoms with Crippen molar-refractivity contribution in [3.05, 3.63) is 21.4 Å². The van der Waals surface area contributed by atoms with Crippen molar-refractivity contribution in [2.75, 3.05) is 13.7 Å². The molecule has 0 bridgehead atoms. The third kappa shape index (κ3) is 5.94. The number of thiophene rings is 1. The van der Waals surface area contributed by atoms with Crippen LogP contribution in [0.2, 0.25) is 0 Å². The highest BCUT2D eigenvalue weighted by Gasteiger charge is 2.30. The molecule has 1 aliphatic carbocycles. The van der Waals surface area contributed by atoms with Gasteiger partial charge in [0.25, 0.3) is 0 Å². The highest BCUT2D eigenvalue weighted by Crippen LogP contribution is 2.40. The summed E-state index contributed by atoms with van der Waals surface area (Å²) in [5, 5.41) is 15.4. The van der Waals surface area contributed by atoms with Gasteiger partial charge in [-0.2, -0.15) is 0 Å². The Morgan fingerprint density at radius 1 is 1.30 bits per heavy atom. The van der Waals surface area contributed by atoms with E-state index in [1.165, 1.54) is 18.4 Å². The molecule has 1 atom stereocenters. The SMILES string of the molecule is COC(=O)c1csc([C@@H](O)C2CCC(CNC(=O)OC(C)(C)C)CC2)c1C. The highest BCUT2D eigenvalue weighted by molar-refractivity contribution is 7.10. The van der Waals surface area contributed by atoms with Gasteiger partial charge in [-0.15, -0.1) is 11.3 Å². The zero-order valence-electron chi connectivity index (χ0n) is 16.8. The standard InChI is InChI=1S/C20H31NO5S/c1-12-15(18(23)25-5)11-27-17(12)16(22)14-8-6-13(7-9-14)10-21-19(24)26-20(2,3)4/h11,13-14,16,22H,6-10H2,1-5H3,(H,21,24)/t13?,14?,16-/m0/s1. The number of alkyl carbamates (subject to hydrolysis) is 1. The van der Waals surface area contributed by atoms with E-state index >= 15 is 0 Å². The molecular formula is C20H31NO5S. The maximum absolute atomic E-state index is 11.8. The van der Waals surface area contributed by atoms with E-state index in [4.69, 9.17) is 9.47 Å². The molecule has 6 nitrogen and oxygen atoms in total. The van der Waals surface area contributed by atoms with E-state index in [9.17, 15) is 14.7 Å². The van der Waals surface area contributed by atoms with Crippen molar-refractivity contribution in [1.82, 2.24) is 5.32 Å². The molecule has 0 radical (unpaired) electrons. The van der Waals surface area contributed by atoms with E-state index in [1.54, 1.807) is 5.38 Å². The second-order valence-electron chi connectivity index (χ2n) is 8.24. The Kier molecular flexibility index (Phi) is 7.28. The molecule has 1 amide bonds. The van der Waals surface area contributed by atoms with Gasteiger partial charge in [0, 0.05) is 16.8 Å². The number of carbonyl (C=O) groups excluding carboxylic acids is 2. The first kappa shape index (κ1) is 21.7. The van der Waals surface area contributed by atoms with Crippen LogP contribution in [0.3, 0.4) is 0 Å². The summed E-state index contributed by atoms with van der Waals surface area (Å²) < 4.78 is 10.1. The second-order valence-corrected chi connectivity index (χ2v) is 9.15. The number of ether oxygens (including phenoxy) is 2. The Labute approximate surface area is 165 Å².